The Morgan fingerprint density at radius 2 is 2.00 bits per heavy atom. The molecule has 2 nitrogen and oxygen atoms in total. The fraction of sp³-hybridized carbons (Fsp3) is 0.727. The van der Waals surface area contributed by atoms with Gasteiger partial charge in [0.15, 0.2) is 0 Å². The molecule has 0 N–H and O–H groups in total. The van der Waals surface area contributed by atoms with E-state index in [-0.39, 0.29) is 11.6 Å². The summed E-state index contributed by atoms with van der Waals surface area (Å²) in [6.45, 7) is 7.38. The van der Waals surface area contributed by atoms with Crippen LogP contribution in [0.5, 0.6) is 0 Å². The highest BCUT2D eigenvalue weighted by Crippen LogP contribution is 2.35. The lowest BCUT2D eigenvalue weighted by Crippen LogP contribution is -2.34. The summed E-state index contributed by atoms with van der Waals surface area (Å²) in [7, 11) is 0. The lowest BCUT2D eigenvalue weighted by Gasteiger charge is -2.30. The smallest absolute Gasteiger partial charge is 0.330 e. The van der Waals surface area contributed by atoms with Gasteiger partial charge >= 0.3 is 5.97 Å². The average Bonchev–Trinajstić information content (AvgIpc) is 2.55. The van der Waals surface area contributed by atoms with E-state index in [0.717, 1.165) is 0 Å². The molecule has 74 valence electrons. The zero-order valence-electron chi connectivity index (χ0n) is 8.51. The molecular weight excluding hydrogens is 164 g/mol. The van der Waals surface area contributed by atoms with E-state index < -0.39 is 0 Å². The summed E-state index contributed by atoms with van der Waals surface area (Å²) in [6.07, 6.45) is 6.12. The minimum atomic E-state index is -0.318. The van der Waals surface area contributed by atoms with E-state index in [1.807, 2.05) is 13.8 Å². The van der Waals surface area contributed by atoms with Gasteiger partial charge in [0.1, 0.15) is 5.60 Å². The van der Waals surface area contributed by atoms with Crippen molar-refractivity contribution in [3.63, 3.8) is 0 Å². The van der Waals surface area contributed by atoms with Gasteiger partial charge < -0.3 is 4.74 Å². The van der Waals surface area contributed by atoms with E-state index >= 15 is 0 Å². The van der Waals surface area contributed by atoms with Gasteiger partial charge in [-0.15, -0.1) is 0 Å². The SMILES string of the molecule is C=CC(=O)OC(C)(C)C1CCCC1. The Hall–Kier alpha value is -0.790. The molecule has 0 spiro atoms. The van der Waals surface area contributed by atoms with Gasteiger partial charge in [0, 0.05) is 6.08 Å². The predicted octanol–water partition coefficient (Wildman–Crippen LogP) is 2.68. The van der Waals surface area contributed by atoms with Crippen LogP contribution in [0.25, 0.3) is 0 Å². The molecule has 0 radical (unpaired) electrons. The molecular formula is C11H18O2. The van der Waals surface area contributed by atoms with Crippen molar-refractivity contribution < 1.29 is 9.53 Å². The Kier molecular flexibility index (Phi) is 3.12. The van der Waals surface area contributed by atoms with Crippen LogP contribution in [0.15, 0.2) is 12.7 Å². The fourth-order valence-electron chi connectivity index (χ4n) is 2.01. The Balaban J connectivity index is 2.52. The second-order valence-electron chi connectivity index (χ2n) is 4.21. The van der Waals surface area contributed by atoms with E-state index in [4.69, 9.17) is 4.74 Å². The molecule has 0 heterocycles. The fourth-order valence-corrected chi connectivity index (χ4v) is 2.01. The van der Waals surface area contributed by atoms with Crippen molar-refractivity contribution in [2.75, 3.05) is 0 Å². The van der Waals surface area contributed by atoms with Crippen molar-refractivity contribution in [1.29, 1.82) is 0 Å². The van der Waals surface area contributed by atoms with Crippen LogP contribution in [0.3, 0.4) is 0 Å². The summed E-state index contributed by atoms with van der Waals surface area (Å²) in [6, 6.07) is 0. The third-order valence-corrected chi connectivity index (χ3v) is 2.87. The minimum absolute atomic E-state index is 0.308. The van der Waals surface area contributed by atoms with E-state index in [1.165, 1.54) is 31.8 Å². The minimum Gasteiger partial charge on any atom is -0.456 e. The zero-order valence-corrected chi connectivity index (χ0v) is 8.51. The molecule has 1 fully saturated rings. The molecule has 0 aliphatic heterocycles. The van der Waals surface area contributed by atoms with Crippen molar-refractivity contribution >= 4 is 5.97 Å². The largest absolute Gasteiger partial charge is 0.456 e. The molecule has 0 bridgehead atoms. The van der Waals surface area contributed by atoms with Gasteiger partial charge in [-0.2, -0.15) is 0 Å². The molecule has 1 rings (SSSR count). The normalized spacial score (nSPS) is 18.6. The van der Waals surface area contributed by atoms with Crippen LogP contribution in [0.1, 0.15) is 39.5 Å². The van der Waals surface area contributed by atoms with Crippen LogP contribution in [0.2, 0.25) is 0 Å². The lowest BCUT2D eigenvalue weighted by molar-refractivity contribution is -0.155. The molecule has 0 atom stereocenters. The van der Waals surface area contributed by atoms with Crippen LogP contribution >= 0.6 is 0 Å². The topological polar surface area (TPSA) is 26.3 Å². The summed E-state index contributed by atoms with van der Waals surface area (Å²) in [5.74, 6) is 0.216. The quantitative estimate of drug-likeness (QED) is 0.495. The summed E-state index contributed by atoms with van der Waals surface area (Å²) in [5.41, 5.74) is -0.318. The highest BCUT2D eigenvalue weighted by Gasteiger charge is 2.34. The standard InChI is InChI=1S/C11H18O2/c1-4-10(12)13-11(2,3)9-7-5-6-8-9/h4,9H,1,5-8H2,2-3H3. The summed E-state index contributed by atoms with van der Waals surface area (Å²) >= 11 is 0. The summed E-state index contributed by atoms with van der Waals surface area (Å²) in [5, 5.41) is 0. The van der Waals surface area contributed by atoms with Crippen LogP contribution in [-0.2, 0) is 9.53 Å². The number of esters is 1. The molecule has 0 unspecified atom stereocenters. The Morgan fingerprint density at radius 3 is 2.46 bits per heavy atom. The number of rotatable bonds is 3. The second kappa shape index (κ2) is 3.95. The van der Waals surface area contributed by atoms with Crippen LogP contribution in [0.4, 0.5) is 0 Å². The van der Waals surface area contributed by atoms with Gasteiger partial charge in [0.25, 0.3) is 0 Å². The van der Waals surface area contributed by atoms with E-state index in [9.17, 15) is 4.79 Å². The first-order valence-corrected chi connectivity index (χ1v) is 4.91. The van der Waals surface area contributed by atoms with Crippen molar-refractivity contribution in [2.24, 2.45) is 5.92 Å². The first kappa shape index (κ1) is 10.3. The summed E-state index contributed by atoms with van der Waals surface area (Å²) < 4.78 is 5.31. The number of hydrogen-bond acceptors (Lipinski definition) is 2. The Bertz CT molecular complexity index is 200. The van der Waals surface area contributed by atoms with Crippen LogP contribution in [0, 0.1) is 5.92 Å². The molecule has 0 aromatic heterocycles. The van der Waals surface area contributed by atoms with Crippen molar-refractivity contribution in [3.05, 3.63) is 12.7 Å². The molecule has 0 aromatic rings. The number of carbonyl (C=O) groups is 1. The average molecular weight is 182 g/mol. The van der Waals surface area contributed by atoms with Gasteiger partial charge in [-0.05, 0) is 32.6 Å². The second-order valence-corrected chi connectivity index (χ2v) is 4.21. The highest BCUT2D eigenvalue weighted by molar-refractivity contribution is 5.81. The molecule has 0 aromatic carbocycles. The highest BCUT2D eigenvalue weighted by atomic mass is 16.6. The molecule has 1 aliphatic carbocycles. The molecule has 0 saturated heterocycles. The molecule has 13 heavy (non-hydrogen) atoms. The number of carbonyl (C=O) groups excluding carboxylic acids is 1. The van der Waals surface area contributed by atoms with Gasteiger partial charge in [-0.1, -0.05) is 19.4 Å². The van der Waals surface area contributed by atoms with E-state index in [2.05, 4.69) is 6.58 Å². The van der Waals surface area contributed by atoms with E-state index in [0.29, 0.717) is 5.92 Å². The van der Waals surface area contributed by atoms with Crippen LogP contribution < -0.4 is 0 Å². The Morgan fingerprint density at radius 1 is 1.46 bits per heavy atom. The predicted molar refractivity (Wildman–Crippen MR) is 52.3 cm³/mol. The van der Waals surface area contributed by atoms with Crippen molar-refractivity contribution in [2.45, 2.75) is 45.1 Å². The molecule has 2 heteroatoms. The number of hydrogen-bond donors (Lipinski definition) is 0. The van der Waals surface area contributed by atoms with Gasteiger partial charge in [0.2, 0.25) is 0 Å². The zero-order chi connectivity index (χ0) is 9.90. The lowest BCUT2D eigenvalue weighted by atomic mass is 9.89. The van der Waals surface area contributed by atoms with Gasteiger partial charge in [-0.3, -0.25) is 0 Å². The Labute approximate surface area is 80.0 Å². The first-order chi connectivity index (χ1) is 6.06. The maximum absolute atomic E-state index is 11.0. The van der Waals surface area contributed by atoms with Gasteiger partial charge in [0.05, 0.1) is 0 Å². The number of ether oxygens (including phenoxy) is 1. The monoisotopic (exact) mass is 182 g/mol. The molecule has 1 aliphatic rings. The van der Waals surface area contributed by atoms with Gasteiger partial charge in [-0.25, -0.2) is 4.79 Å². The third kappa shape index (κ3) is 2.58. The first-order valence-electron chi connectivity index (χ1n) is 4.91. The summed E-state index contributed by atoms with van der Waals surface area (Å²) in [4.78, 5) is 11.0. The molecule has 0 amide bonds. The maximum atomic E-state index is 11.0. The molecule has 1 saturated carbocycles. The maximum Gasteiger partial charge on any atom is 0.330 e. The van der Waals surface area contributed by atoms with Crippen molar-refractivity contribution in [3.8, 4) is 0 Å². The van der Waals surface area contributed by atoms with Crippen LogP contribution in [-0.4, -0.2) is 11.6 Å². The van der Waals surface area contributed by atoms with Crippen molar-refractivity contribution in [1.82, 2.24) is 0 Å². The third-order valence-electron chi connectivity index (χ3n) is 2.87. The van der Waals surface area contributed by atoms with E-state index in [1.54, 1.807) is 0 Å².